The van der Waals surface area contributed by atoms with Gasteiger partial charge in [-0.1, -0.05) is 37.1 Å². The Morgan fingerprint density at radius 1 is 1.19 bits per heavy atom. The molecule has 106 valence electrons. The summed E-state index contributed by atoms with van der Waals surface area (Å²) in [4.78, 5) is 4.03. The number of rotatable bonds is 2. The number of hydrogen-bond acceptors (Lipinski definition) is 2. The van der Waals surface area contributed by atoms with Gasteiger partial charge in [-0.3, -0.25) is 0 Å². The molecule has 0 bridgehead atoms. The molecule has 1 aliphatic rings. The minimum atomic E-state index is 0.333. The topological polar surface area (TPSA) is 30.7 Å². The average Bonchev–Trinajstić information content (AvgIpc) is 2.87. The molecule has 0 spiro atoms. The number of aromatic nitrogens is 3. The lowest BCUT2D eigenvalue weighted by molar-refractivity contribution is 0.272. The van der Waals surface area contributed by atoms with Crippen molar-refractivity contribution in [2.75, 3.05) is 0 Å². The highest BCUT2D eigenvalue weighted by molar-refractivity contribution is 6.29. The second kappa shape index (κ2) is 4.57. The third-order valence-electron chi connectivity index (χ3n) is 4.68. The van der Waals surface area contributed by atoms with Gasteiger partial charge in [-0.25, -0.2) is 9.67 Å². The molecule has 0 aliphatic heterocycles. The van der Waals surface area contributed by atoms with Crippen LogP contribution in [0.25, 0.3) is 16.6 Å². The van der Waals surface area contributed by atoms with Crippen LogP contribution in [0.4, 0.5) is 0 Å². The predicted octanol–water partition coefficient (Wildman–Crippen LogP) is 4.52. The maximum absolute atomic E-state index is 6.00. The summed E-state index contributed by atoms with van der Waals surface area (Å²) >= 11 is 6.00. The molecule has 0 saturated heterocycles. The van der Waals surface area contributed by atoms with Crippen LogP contribution in [0.2, 0.25) is 5.15 Å². The molecule has 2 aromatic heterocycles. The van der Waals surface area contributed by atoms with Crippen LogP contribution in [0.1, 0.15) is 31.7 Å². The van der Waals surface area contributed by atoms with Gasteiger partial charge >= 0.3 is 0 Å². The van der Waals surface area contributed by atoms with Gasteiger partial charge in [0.15, 0.2) is 0 Å². The molecule has 3 nitrogen and oxygen atoms in total. The summed E-state index contributed by atoms with van der Waals surface area (Å²) in [6.07, 6.45) is 7.48. The molecule has 1 saturated carbocycles. The summed E-state index contributed by atoms with van der Waals surface area (Å²) in [6.45, 7) is 2.35. The highest BCUT2D eigenvalue weighted by Crippen LogP contribution is 2.43. The molecule has 1 aromatic carbocycles. The lowest BCUT2D eigenvalue weighted by Crippen LogP contribution is -2.30. The lowest BCUT2D eigenvalue weighted by Gasteiger charge is -2.39. The van der Waals surface area contributed by atoms with Gasteiger partial charge in [0.1, 0.15) is 5.15 Å². The third-order valence-corrected chi connectivity index (χ3v) is 4.89. The molecule has 0 N–H and O–H groups in total. The van der Waals surface area contributed by atoms with Gasteiger partial charge in [-0.15, -0.1) is 0 Å². The van der Waals surface area contributed by atoms with E-state index in [-0.39, 0.29) is 0 Å². The van der Waals surface area contributed by atoms with E-state index in [1.54, 1.807) is 6.20 Å². The maximum atomic E-state index is 6.00. The van der Waals surface area contributed by atoms with E-state index in [0.29, 0.717) is 10.6 Å². The largest absolute Gasteiger partial charge is 0.244 e. The molecular weight excluding hydrogens is 282 g/mol. The average molecular weight is 298 g/mol. The van der Waals surface area contributed by atoms with Crippen molar-refractivity contribution in [2.45, 2.75) is 31.6 Å². The number of fused-ring (bicyclic) bond motifs is 1. The molecule has 4 heteroatoms. The monoisotopic (exact) mass is 297 g/mol. The van der Waals surface area contributed by atoms with Gasteiger partial charge in [-0.05, 0) is 36.0 Å². The second-order valence-corrected chi connectivity index (χ2v) is 6.47. The summed E-state index contributed by atoms with van der Waals surface area (Å²) in [5, 5.41) is 6.14. The Kier molecular flexibility index (Phi) is 2.79. The predicted molar refractivity (Wildman–Crippen MR) is 85.1 cm³/mol. The Morgan fingerprint density at radius 3 is 2.76 bits per heavy atom. The maximum Gasteiger partial charge on any atom is 0.131 e. The fourth-order valence-corrected chi connectivity index (χ4v) is 3.29. The van der Waals surface area contributed by atoms with Crippen LogP contribution >= 0.6 is 11.6 Å². The zero-order chi connectivity index (χ0) is 14.4. The number of halogens is 1. The highest BCUT2D eigenvalue weighted by Gasteiger charge is 2.33. The van der Waals surface area contributed by atoms with Crippen molar-refractivity contribution < 1.29 is 0 Å². The number of pyridine rings is 1. The number of nitrogens with zero attached hydrogens (tertiary/aromatic N) is 3. The van der Waals surface area contributed by atoms with Gasteiger partial charge in [0.2, 0.25) is 0 Å². The van der Waals surface area contributed by atoms with E-state index in [9.17, 15) is 0 Å². The lowest BCUT2D eigenvalue weighted by atomic mass is 9.66. The fourth-order valence-electron chi connectivity index (χ4n) is 3.12. The smallest absolute Gasteiger partial charge is 0.131 e. The number of hydrogen-bond donors (Lipinski definition) is 0. The summed E-state index contributed by atoms with van der Waals surface area (Å²) in [6, 6.07) is 10.4. The van der Waals surface area contributed by atoms with Crippen LogP contribution < -0.4 is 0 Å². The van der Waals surface area contributed by atoms with E-state index in [1.807, 2.05) is 23.0 Å². The van der Waals surface area contributed by atoms with E-state index in [1.165, 1.54) is 24.8 Å². The fraction of sp³-hybridized carbons (Fsp3) is 0.294. The molecule has 0 amide bonds. The summed E-state index contributed by atoms with van der Waals surface area (Å²) in [5.41, 5.74) is 3.81. The van der Waals surface area contributed by atoms with Gasteiger partial charge in [0.25, 0.3) is 0 Å². The molecule has 4 rings (SSSR count). The first kappa shape index (κ1) is 12.8. The molecule has 21 heavy (non-hydrogen) atoms. The van der Waals surface area contributed by atoms with Crippen molar-refractivity contribution in [3.63, 3.8) is 0 Å². The van der Waals surface area contributed by atoms with E-state index in [0.717, 1.165) is 16.6 Å². The minimum Gasteiger partial charge on any atom is -0.244 e. The summed E-state index contributed by atoms with van der Waals surface area (Å²) in [7, 11) is 0. The van der Waals surface area contributed by atoms with Crippen LogP contribution in [-0.2, 0) is 5.41 Å². The van der Waals surface area contributed by atoms with Crippen LogP contribution in [0.15, 0.2) is 42.7 Å². The Bertz CT molecular complexity index is 818. The molecule has 2 heterocycles. The minimum absolute atomic E-state index is 0.333. The van der Waals surface area contributed by atoms with Crippen LogP contribution in [0.3, 0.4) is 0 Å². The van der Waals surface area contributed by atoms with Crippen molar-refractivity contribution in [3.8, 4) is 5.69 Å². The Hall–Kier alpha value is -1.87. The van der Waals surface area contributed by atoms with Crippen molar-refractivity contribution in [1.82, 2.24) is 14.8 Å². The quantitative estimate of drug-likeness (QED) is 0.651. The van der Waals surface area contributed by atoms with Crippen LogP contribution in [0, 0.1) is 0 Å². The molecular formula is C17H16ClN3. The normalized spacial score (nSPS) is 16.9. The van der Waals surface area contributed by atoms with Gasteiger partial charge in [0, 0.05) is 17.6 Å². The second-order valence-electron chi connectivity index (χ2n) is 6.08. The van der Waals surface area contributed by atoms with Gasteiger partial charge in [0.05, 0.1) is 17.4 Å². The standard InChI is InChI=1S/C17H16ClN3/c1-17(6-2-7-17)13-4-3-12-11-20-21(15(12)9-13)14-5-8-19-16(18)10-14/h3-5,8-11H,2,6-7H2,1H3. The van der Waals surface area contributed by atoms with E-state index >= 15 is 0 Å². The van der Waals surface area contributed by atoms with Crippen LogP contribution in [0.5, 0.6) is 0 Å². The zero-order valence-electron chi connectivity index (χ0n) is 11.9. The third kappa shape index (κ3) is 2.04. The molecule has 0 radical (unpaired) electrons. The van der Waals surface area contributed by atoms with E-state index in [4.69, 9.17) is 11.6 Å². The molecule has 0 unspecified atom stereocenters. The Labute approximate surface area is 128 Å². The SMILES string of the molecule is CC1(c2ccc3cnn(-c4ccnc(Cl)c4)c3c2)CCC1. The molecule has 0 atom stereocenters. The van der Waals surface area contributed by atoms with Crippen molar-refractivity contribution in [1.29, 1.82) is 0 Å². The van der Waals surface area contributed by atoms with Crippen LogP contribution in [-0.4, -0.2) is 14.8 Å². The van der Waals surface area contributed by atoms with E-state index in [2.05, 4.69) is 35.2 Å². The first-order valence-electron chi connectivity index (χ1n) is 7.26. The van der Waals surface area contributed by atoms with Crippen molar-refractivity contribution in [2.24, 2.45) is 0 Å². The highest BCUT2D eigenvalue weighted by atomic mass is 35.5. The molecule has 3 aromatic rings. The molecule has 1 fully saturated rings. The first-order valence-corrected chi connectivity index (χ1v) is 7.64. The summed E-state index contributed by atoms with van der Waals surface area (Å²) in [5.74, 6) is 0. The van der Waals surface area contributed by atoms with Crippen molar-refractivity contribution >= 4 is 22.5 Å². The first-order chi connectivity index (χ1) is 10.2. The van der Waals surface area contributed by atoms with E-state index < -0.39 is 0 Å². The Balaban J connectivity index is 1.88. The molecule has 1 aliphatic carbocycles. The number of benzene rings is 1. The van der Waals surface area contributed by atoms with Crippen molar-refractivity contribution in [3.05, 3.63) is 53.4 Å². The zero-order valence-corrected chi connectivity index (χ0v) is 12.6. The van der Waals surface area contributed by atoms with Gasteiger partial charge < -0.3 is 0 Å². The van der Waals surface area contributed by atoms with Gasteiger partial charge in [-0.2, -0.15) is 5.10 Å². The Morgan fingerprint density at radius 2 is 2.05 bits per heavy atom. The summed E-state index contributed by atoms with van der Waals surface area (Å²) < 4.78 is 1.94.